The molecule has 0 aromatic carbocycles. The van der Waals surface area contributed by atoms with E-state index in [4.69, 9.17) is 9.26 Å². The topological polar surface area (TPSA) is 60.2 Å². The minimum absolute atomic E-state index is 0.579. The van der Waals surface area contributed by atoms with Gasteiger partial charge in [0.05, 0.1) is 0 Å². The fourth-order valence-electron chi connectivity index (χ4n) is 4.05. The summed E-state index contributed by atoms with van der Waals surface area (Å²) >= 11 is 0. The van der Waals surface area contributed by atoms with Gasteiger partial charge in [-0.05, 0) is 43.9 Å². The normalized spacial score (nSPS) is 36.6. The van der Waals surface area contributed by atoms with Gasteiger partial charge in [-0.3, -0.25) is 0 Å². The highest BCUT2D eigenvalue weighted by Crippen LogP contribution is 2.32. The Morgan fingerprint density at radius 3 is 2.65 bits per heavy atom. The molecule has 1 aromatic heterocycles. The molecule has 0 saturated carbocycles. The fourth-order valence-corrected chi connectivity index (χ4v) is 4.05. The first-order valence-electron chi connectivity index (χ1n) is 8.00. The molecule has 3 atom stereocenters. The van der Waals surface area contributed by atoms with E-state index in [1.54, 1.807) is 0 Å². The summed E-state index contributed by atoms with van der Waals surface area (Å²) in [5.74, 6) is 3.00. The van der Waals surface area contributed by atoms with Gasteiger partial charge in [0.15, 0.2) is 5.82 Å². The second kappa shape index (κ2) is 5.45. The van der Waals surface area contributed by atoms with Crippen molar-refractivity contribution in [1.29, 1.82) is 0 Å². The van der Waals surface area contributed by atoms with Gasteiger partial charge in [-0.25, -0.2) is 0 Å². The SMILES string of the molecule is C1CC(Cc2noc(CC3CC4CCC(C3)N4)n2)CO1. The van der Waals surface area contributed by atoms with Crippen molar-refractivity contribution in [3.05, 3.63) is 11.7 Å². The highest BCUT2D eigenvalue weighted by atomic mass is 16.5. The van der Waals surface area contributed by atoms with Gasteiger partial charge in [-0.15, -0.1) is 0 Å². The molecule has 3 aliphatic rings. The first-order valence-corrected chi connectivity index (χ1v) is 8.00. The van der Waals surface area contributed by atoms with Crippen LogP contribution in [0.2, 0.25) is 0 Å². The van der Waals surface area contributed by atoms with Gasteiger partial charge in [0.25, 0.3) is 0 Å². The van der Waals surface area contributed by atoms with Crippen LogP contribution >= 0.6 is 0 Å². The van der Waals surface area contributed by atoms with Gasteiger partial charge in [0.2, 0.25) is 5.89 Å². The summed E-state index contributed by atoms with van der Waals surface area (Å²) in [7, 11) is 0. The molecule has 0 amide bonds. The number of hydrogen-bond donors (Lipinski definition) is 1. The molecule has 3 aliphatic heterocycles. The van der Waals surface area contributed by atoms with E-state index in [0.29, 0.717) is 5.92 Å². The van der Waals surface area contributed by atoms with Crippen LogP contribution in [-0.4, -0.2) is 35.4 Å². The van der Waals surface area contributed by atoms with Crippen molar-refractivity contribution in [3.8, 4) is 0 Å². The lowest BCUT2D eigenvalue weighted by Gasteiger charge is -2.28. The Labute approximate surface area is 119 Å². The average Bonchev–Trinajstić information content (AvgIpc) is 3.14. The van der Waals surface area contributed by atoms with E-state index in [2.05, 4.69) is 15.5 Å². The third kappa shape index (κ3) is 2.74. The van der Waals surface area contributed by atoms with Gasteiger partial charge in [-0.1, -0.05) is 5.16 Å². The van der Waals surface area contributed by atoms with Crippen molar-refractivity contribution in [1.82, 2.24) is 15.5 Å². The van der Waals surface area contributed by atoms with E-state index in [0.717, 1.165) is 62.2 Å². The third-order valence-corrected chi connectivity index (χ3v) is 5.04. The van der Waals surface area contributed by atoms with Crippen molar-refractivity contribution in [2.75, 3.05) is 13.2 Å². The fraction of sp³-hybridized carbons (Fsp3) is 0.867. The smallest absolute Gasteiger partial charge is 0.226 e. The standard InChI is InChI=1S/C15H23N3O2/c1-2-13-6-11(5-12(1)16-13)8-15-17-14(18-20-15)7-10-3-4-19-9-10/h10-13,16H,1-9H2. The van der Waals surface area contributed by atoms with E-state index in [9.17, 15) is 0 Å². The van der Waals surface area contributed by atoms with Crippen LogP contribution in [0, 0.1) is 11.8 Å². The molecule has 110 valence electrons. The molecular weight excluding hydrogens is 254 g/mol. The van der Waals surface area contributed by atoms with Crippen molar-refractivity contribution < 1.29 is 9.26 Å². The monoisotopic (exact) mass is 277 g/mol. The van der Waals surface area contributed by atoms with E-state index in [-0.39, 0.29) is 0 Å². The van der Waals surface area contributed by atoms with Gasteiger partial charge < -0.3 is 14.6 Å². The van der Waals surface area contributed by atoms with Crippen LogP contribution in [0.15, 0.2) is 4.52 Å². The molecule has 2 bridgehead atoms. The summed E-state index contributed by atoms with van der Waals surface area (Å²) in [6.07, 6.45) is 8.22. The highest BCUT2D eigenvalue weighted by Gasteiger charge is 2.34. The number of nitrogens with zero attached hydrogens (tertiary/aromatic N) is 2. The maximum Gasteiger partial charge on any atom is 0.226 e. The summed E-state index contributed by atoms with van der Waals surface area (Å²) in [5.41, 5.74) is 0. The summed E-state index contributed by atoms with van der Waals surface area (Å²) < 4.78 is 10.8. The maximum atomic E-state index is 5.45. The minimum atomic E-state index is 0.579. The summed E-state index contributed by atoms with van der Waals surface area (Å²) in [4.78, 5) is 4.58. The van der Waals surface area contributed by atoms with Gasteiger partial charge in [-0.2, -0.15) is 4.98 Å². The second-order valence-corrected chi connectivity index (χ2v) is 6.72. The second-order valence-electron chi connectivity index (χ2n) is 6.72. The zero-order valence-corrected chi connectivity index (χ0v) is 11.9. The Bertz CT molecular complexity index is 444. The van der Waals surface area contributed by atoms with E-state index in [1.807, 2.05) is 0 Å². The summed E-state index contributed by atoms with van der Waals surface area (Å²) in [6.45, 7) is 1.73. The van der Waals surface area contributed by atoms with E-state index >= 15 is 0 Å². The minimum Gasteiger partial charge on any atom is -0.381 e. The van der Waals surface area contributed by atoms with Gasteiger partial charge in [0.1, 0.15) is 0 Å². The third-order valence-electron chi connectivity index (χ3n) is 5.04. The Balaban J connectivity index is 1.33. The lowest BCUT2D eigenvalue weighted by atomic mass is 9.90. The molecule has 0 radical (unpaired) electrons. The first-order chi connectivity index (χ1) is 9.85. The van der Waals surface area contributed by atoms with Crippen molar-refractivity contribution in [3.63, 3.8) is 0 Å². The van der Waals surface area contributed by atoms with Gasteiger partial charge >= 0.3 is 0 Å². The quantitative estimate of drug-likeness (QED) is 0.908. The first kappa shape index (κ1) is 12.8. The predicted molar refractivity (Wildman–Crippen MR) is 73.3 cm³/mol. The van der Waals surface area contributed by atoms with Crippen LogP contribution in [0.1, 0.15) is 43.8 Å². The average molecular weight is 277 g/mol. The Kier molecular flexibility index (Phi) is 3.48. The van der Waals surface area contributed by atoms with Crippen LogP contribution in [0.25, 0.3) is 0 Å². The molecule has 20 heavy (non-hydrogen) atoms. The number of rotatable bonds is 4. The van der Waals surface area contributed by atoms with E-state index in [1.165, 1.54) is 25.7 Å². The number of aromatic nitrogens is 2. The Morgan fingerprint density at radius 2 is 1.90 bits per heavy atom. The molecule has 4 heterocycles. The van der Waals surface area contributed by atoms with Crippen molar-refractivity contribution in [2.24, 2.45) is 11.8 Å². The van der Waals surface area contributed by atoms with Crippen LogP contribution in [0.4, 0.5) is 0 Å². The number of ether oxygens (including phenoxy) is 1. The van der Waals surface area contributed by atoms with Crippen molar-refractivity contribution >= 4 is 0 Å². The molecule has 1 N–H and O–H groups in total. The van der Waals surface area contributed by atoms with Crippen LogP contribution in [0.5, 0.6) is 0 Å². The Morgan fingerprint density at radius 1 is 1.05 bits per heavy atom. The lowest BCUT2D eigenvalue weighted by molar-refractivity contribution is 0.185. The molecule has 3 unspecified atom stereocenters. The molecule has 0 spiro atoms. The maximum absolute atomic E-state index is 5.45. The predicted octanol–water partition coefficient (Wildman–Crippen LogP) is 1.72. The zero-order chi connectivity index (χ0) is 13.4. The molecule has 4 rings (SSSR count). The molecule has 3 fully saturated rings. The lowest BCUT2D eigenvalue weighted by Crippen LogP contribution is -2.38. The van der Waals surface area contributed by atoms with Crippen LogP contribution < -0.4 is 5.32 Å². The Hall–Kier alpha value is -0.940. The molecule has 3 saturated heterocycles. The summed E-state index contributed by atoms with van der Waals surface area (Å²) in [5, 5.41) is 7.82. The molecule has 5 heteroatoms. The number of fused-ring (bicyclic) bond motifs is 2. The summed E-state index contributed by atoms with van der Waals surface area (Å²) in [6, 6.07) is 1.47. The zero-order valence-electron chi connectivity index (χ0n) is 11.9. The number of nitrogens with one attached hydrogen (secondary N) is 1. The van der Waals surface area contributed by atoms with Gasteiger partial charge in [0, 0.05) is 38.1 Å². The molecule has 1 aromatic rings. The largest absolute Gasteiger partial charge is 0.381 e. The number of hydrogen-bond acceptors (Lipinski definition) is 5. The number of piperidine rings is 1. The van der Waals surface area contributed by atoms with Crippen LogP contribution in [-0.2, 0) is 17.6 Å². The van der Waals surface area contributed by atoms with Crippen LogP contribution in [0.3, 0.4) is 0 Å². The highest BCUT2D eigenvalue weighted by molar-refractivity contribution is 4.96. The van der Waals surface area contributed by atoms with Crippen molar-refractivity contribution in [2.45, 2.75) is 57.0 Å². The van der Waals surface area contributed by atoms with E-state index < -0.39 is 0 Å². The molecule has 0 aliphatic carbocycles. The molecule has 5 nitrogen and oxygen atoms in total. The molecular formula is C15H23N3O2.